The molecule has 2 N–H and O–H groups in total. The molecule has 1 heterocycles. The molecule has 0 aliphatic heterocycles. The van der Waals surface area contributed by atoms with E-state index in [0.29, 0.717) is 0 Å². The fourth-order valence-electron chi connectivity index (χ4n) is 1.48. The Morgan fingerprint density at radius 1 is 1.54 bits per heavy atom. The predicted molar refractivity (Wildman–Crippen MR) is 54.5 cm³/mol. The van der Waals surface area contributed by atoms with Crippen LogP contribution in [0.5, 0.6) is 0 Å². The van der Waals surface area contributed by atoms with E-state index >= 15 is 0 Å². The highest BCUT2D eigenvalue weighted by Gasteiger charge is 2.09. The second-order valence-electron chi connectivity index (χ2n) is 3.41. The Morgan fingerprint density at radius 2 is 2.23 bits per heavy atom. The molecule has 0 fully saturated rings. The van der Waals surface area contributed by atoms with Crippen molar-refractivity contribution in [3.8, 4) is 0 Å². The van der Waals surface area contributed by atoms with Gasteiger partial charge in [-0.2, -0.15) is 5.10 Å². The van der Waals surface area contributed by atoms with Crippen LogP contribution in [0.1, 0.15) is 44.6 Å². The van der Waals surface area contributed by atoms with Gasteiger partial charge in [-0.1, -0.05) is 13.3 Å². The summed E-state index contributed by atoms with van der Waals surface area (Å²) in [4.78, 5) is 0. The maximum absolute atomic E-state index is 5.84. The van der Waals surface area contributed by atoms with Gasteiger partial charge in [-0.25, -0.2) is 0 Å². The standard InChI is InChI=1S/C10H19N3/c1-4-6-9-7-10(8(3)11)13(5-2)12-9/h7-8H,4-6,11H2,1-3H3/t8-/m1/s1. The lowest BCUT2D eigenvalue weighted by atomic mass is 10.2. The van der Waals surface area contributed by atoms with Crippen LogP contribution in [0, 0.1) is 0 Å². The van der Waals surface area contributed by atoms with Gasteiger partial charge in [0.25, 0.3) is 0 Å². The highest BCUT2D eigenvalue weighted by Crippen LogP contribution is 2.12. The maximum Gasteiger partial charge on any atom is 0.0628 e. The van der Waals surface area contributed by atoms with E-state index in [1.165, 1.54) is 0 Å². The molecule has 1 aromatic rings. The lowest BCUT2D eigenvalue weighted by molar-refractivity contribution is 0.583. The zero-order valence-corrected chi connectivity index (χ0v) is 8.75. The van der Waals surface area contributed by atoms with Gasteiger partial charge in [0.05, 0.1) is 11.4 Å². The molecule has 0 amide bonds. The number of aryl methyl sites for hydroxylation is 2. The molecule has 13 heavy (non-hydrogen) atoms. The van der Waals surface area contributed by atoms with Gasteiger partial charge in [0, 0.05) is 12.6 Å². The number of hydrogen-bond donors (Lipinski definition) is 1. The third kappa shape index (κ3) is 2.31. The first-order valence-electron chi connectivity index (χ1n) is 5.01. The van der Waals surface area contributed by atoms with Gasteiger partial charge in [-0.15, -0.1) is 0 Å². The average molecular weight is 181 g/mol. The summed E-state index contributed by atoms with van der Waals surface area (Å²) in [6.45, 7) is 7.16. The predicted octanol–water partition coefficient (Wildman–Crippen LogP) is 1.88. The minimum atomic E-state index is 0.0815. The summed E-state index contributed by atoms with van der Waals surface area (Å²) in [6.07, 6.45) is 2.19. The van der Waals surface area contributed by atoms with Crippen molar-refractivity contribution in [2.75, 3.05) is 0 Å². The third-order valence-corrected chi connectivity index (χ3v) is 2.13. The zero-order valence-electron chi connectivity index (χ0n) is 8.75. The second-order valence-corrected chi connectivity index (χ2v) is 3.41. The van der Waals surface area contributed by atoms with Crippen molar-refractivity contribution in [2.24, 2.45) is 5.73 Å². The van der Waals surface area contributed by atoms with Gasteiger partial charge < -0.3 is 5.73 Å². The Morgan fingerprint density at radius 3 is 2.62 bits per heavy atom. The van der Waals surface area contributed by atoms with Crippen molar-refractivity contribution in [3.63, 3.8) is 0 Å². The number of nitrogens with two attached hydrogens (primary N) is 1. The molecular weight excluding hydrogens is 162 g/mol. The molecule has 0 saturated carbocycles. The van der Waals surface area contributed by atoms with Gasteiger partial charge in [0.1, 0.15) is 0 Å². The van der Waals surface area contributed by atoms with Crippen LogP contribution in [0.4, 0.5) is 0 Å². The van der Waals surface area contributed by atoms with Crippen molar-refractivity contribution in [3.05, 3.63) is 17.5 Å². The SMILES string of the molecule is CCCc1cc([C@@H](C)N)n(CC)n1. The molecule has 0 saturated heterocycles. The molecule has 3 nitrogen and oxygen atoms in total. The van der Waals surface area contributed by atoms with Crippen molar-refractivity contribution in [1.29, 1.82) is 0 Å². The molecule has 0 radical (unpaired) electrons. The quantitative estimate of drug-likeness (QED) is 0.770. The Balaban J connectivity index is 2.90. The van der Waals surface area contributed by atoms with Gasteiger partial charge in [0.2, 0.25) is 0 Å². The lowest BCUT2D eigenvalue weighted by Gasteiger charge is -2.06. The Kier molecular flexibility index (Phi) is 3.48. The summed E-state index contributed by atoms with van der Waals surface area (Å²) in [7, 11) is 0. The lowest BCUT2D eigenvalue weighted by Crippen LogP contribution is -2.12. The molecule has 0 aliphatic carbocycles. The van der Waals surface area contributed by atoms with Crippen molar-refractivity contribution in [2.45, 2.75) is 46.2 Å². The summed E-state index contributed by atoms with van der Waals surface area (Å²) in [5, 5.41) is 4.48. The molecule has 1 rings (SSSR count). The molecule has 0 aliphatic rings. The van der Waals surface area contributed by atoms with Crippen LogP contribution in [0.3, 0.4) is 0 Å². The molecule has 0 spiro atoms. The van der Waals surface area contributed by atoms with E-state index in [2.05, 4.69) is 25.0 Å². The van der Waals surface area contributed by atoms with E-state index in [0.717, 1.165) is 30.8 Å². The van der Waals surface area contributed by atoms with E-state index < -0.39 is 0 Å². The molecule has 0 aromatic carbocycles. The second kappa shape index (κ2) is 4.42. The van der Waals surface area contributed by atoms with E-state index in [1.54, 1.807) is 0 Å². The zero-order chi connectivity index (χ0) is 9.84. The number of hydrogen-bond acceptors (Lipinski definition) is 2. The van der Waals surface area contributed by atoms with E-state index in [1.807, 2.05) is 11.6 Å². The fourth-order valence-corrected chi connectivity index (χ4v) is 1.48. The Hall–Kier alpha value is -0.830. The third-order valence-electron chi connectivity index (χ3n) is 2.13. The molecule has 0 bridgehead atoms. The summed E-state index contributed by atoms with van der Waals surface area (Å²) >= 11 is 0. The van der Waals surface area contributed by atoms with Crippen LogP contribution in [0.2, 0.25) is 0 Å². The molecule has 3 heteroatoms. The first-order valence-corrected chi connectivity index (χ1v) is 5.01. The molecule has 74 valence electrons. The fraction of sp³-hybridized carbons (Fsp3) is 0.700. The van der Waals surface area contributed by atoms with Gasteiger partial charge in [-0.05, 0) is 26.3 Å². The first-order chi connectivity index (χ1) is 6.19. The minimum absolute atomic E-state index is 0.0815. The van der Waals surface area contributed by atoms with Crippen LogP contribution in [-0.4, -0.2) is 9.78 Å². The number of aromatic nitrogens is 2. The number of rotatable bonds is 4. The largest absolute Gasteiger partial charge is 0.323 e. The van der Waals surface area contributed by atoms with Gasteiger partial charge in [-0.3, -0.25) is 4.68 Å². The Bertz CT molecular complexity index is 263. The Labute approximate surface area is 79.9 Å². The van der Waals surface area contributed by atoms with Crippen LogP contribution in [0.25, 0.3) is 0 Å². The summed E-state index contributed by atoms with van der Waals surface area (Å²) < 4.78 is 2.00. The normalized spacial score (nSPS) is 13.2. The van der Waals surface area contributed by atoms with E-state index in [4.69, 9.17) is 5.73 Å². The molecular formula is C10H19N3. The molecule has 1 aromatic heterocycles. The van der Waals surface area contributed by atoms with E-state index in [-0.39, 0.29) is 6.04 Å². The highest BCUT2D eigenvalue weighted by molar-refractivity contribution is 5.13. The molecule has 1 atom stereocenters. The molecule has 0 unspecified atom stereocenters. The average Bonchev–Trinajstić information content (AvgIpc) is 2.48. The summed E-state index contributed by atoms with van der Waals surface area (Å²) in [5.41, 5.74) is 8.15. The smallest absolute Gasteiger partial charge is 0.0628 e. The monoisotopic (exact) mass is 181 g/mol. The topological polar surface area (TPSA) is 43.8 Å². The van der Waals surface area contributed by atoms with Crippen LogP contribution >= 0.6 is 0 Å². The van der Waals surface area contributed by atoms with Crippen molar-refractivity contribution >= 4 is 0 Å². The minimum Gasteiger partial charge on any atom is -0.323 e. The van der Waals surface area contributed by atoms with Crippen LogP contribution < -0.4 is 5.73 Å². The van der Waals surface area contributed by atoms with Crippen LogP contribution in [0.15, 0.2) is 6.07 Å². The van der Waals surface area contributed by atoms with E-state index in [9.17, 15) is 0 Å². The van der Waals surface area contributed by atoms with Crippen molar-refractivity contribution < 1.29 is 0 Å². The number of nitrogens with zero attached hydrogens (tertiary/aromatic N) is 2. The van der Waals surface area contributed by atoms with Crippen LogP contribution in [-0.2, 0) is 13.0 Å². The first kappa shape index (κ1) is 10.3. The summed E-state index contributed by atoms with van der Waals surface area (Å²) in [5.74, 6) is 0. The van der Waals surface area contributed by atoms with Gasteiger partial charge in [0.15, 0.2) is 0 Å². The van der Waals surface area contributed by atoms with Crippen molar-refractivity contribution in [1.82, 2.24) is 9.78 Å². The van der Waals surface area contributed by atoms with Gasteiger partial charge >= 0.3 is 0 Å². The summed E-state index contributed by atoms with van der Waals surface area (Å²) in [6, 6.07) is 2.20. The highest BCUT2D eigenvalue weighted by atomic mass is 15.3. The maximum atomic E-state index is 5.84.